The van der Waals surface area contributed by atoms with Crippen molar-refractivity contribution in [3.05, 3.63) is 68.8 Å². The molecule has 0 radical (unpaired) electrons. The maximum absolute atomic E-state index is 12.7. The van der Waals surface area contributed by atoms with Crippen LogP contribution in [0.1, 0.15) is 25.3 Å². The van der Waals surface area contributed by atoms with Gasteiger partial charge in [-0.25, -0.2) is 4.90 Å². The highest BCUT2D eigenvalue weighted by atomic mass is 35.5. The van der Waals surface area contributed by atoms with E-state index in [4.69, 9.17) is 34.8 Å². The number of imide groups is 1. The number of benzene rings is 2. The summed E-state index contributed by atoms with van der Waals surface area (Å²) in [5.74, 6) is -0.769. The fourth-order valence-electron chi connectivity index (χ4n) is 2.57. The molecule has 0 saturated heterocycles. The van der Waals surface area contributed by atoms with Gasteiger partial charge in [-0.1, -0.05) is 60.8 Å². The molecule has 0 fully saturated rings. The highest BCUT2D eigenvalue weighted by Gasteiger charge is 2.39. The van der Waals surface area contributed by atoms with E-state index >= 15 is 0 Å². The lowest BCUT2D eigenvalue weighted by Gasteiger charge is -2.16. The Labute approximate surface area is 166 Å². The number of carbonyl (C=O) groups is 2. The zero-order valence-corrected chi connectivity index (χ0v) is 16.3. The second-order valence-electron chi connectivity index (χ2n) is 6.13. The van der Waals surface area contributed by atoms with Gasteiger partial charge in [-0.05, 0) is 41.8 Å². The molecule has 0 saturated carbocycles. The molecule has 0 aliphatic carbocycles. The first-order chi connectivity index (χ1) is 12.3. The van der Waals surface area contributed by atoms with Crippen LogP contribution in [0.4, 0.5) is 11.4 Å². The van der Waals surface area contributed by atoms with Crippen molar-refractivity contribution in [2.45, 2.75) is 19.8 Å². The van der Waals surface area contributed by atoms with E-state index < -0.39 is 11.8 Å². The van der Waals surface area contributed by atoms with E-state index in [1.165, 1.54) is 23.8 Å². The van der Waals surface area contributed by atoms with Crippen LogP contribution in [0.15, 0.2) is 53.2 Å². The second-order valence-corrected chi connectivity index (χ2v) is 7.33. The van der Waals surface area contributed by atoms with Gasteiger partial charge < -0.3 is 5.32 Å². The molecular formula is C19H15Cl3N2O2. The Morgan fingerprint density at radius 2 is 1.54 bits per heavy atom. The number of hydrogen-bond donors (Lipinski definition) is 1. The van der Waals surface area contributed by atoms with Gasteiger partial charge in [0.25, 0.3) is 11.8 Å². The maximum Gasteiger partial charge on any atom is 0.283 e. The fraction of sp³-hybridized carbons (Fsp3) is 0.158. The lowest BCUT2D eigenvalue weighted by atomic mass is 10.0. The second kappa shape index (κ2) is 7.31. The summed E-state index contributed by atoms with van der Waals surface area (Å²) in [5, 5.41) is 3.34. The van der Waals surface area contributed by atoms with Crippen LogP contribution in [-0.4, -0.2) is 11.8 Å². The SMILES string of the molecule is CC(C)c1ccc(NC2=C(Cl)C(=O)N(c3ccc(Cl)c(Cl)c3)C2=O)cc1. The van der Waals surface area contributed by atoms with Crippen LogP contribution in [0, 0.1) is 0 Å². The van der Waals surface area contributed by atoms with Crippen molar-refractivity contribution in [1.29, 1.82) is 0 Å². The van der Waals surface area contributed by atoms with Gasteiger partial charge in [0.2, 0.25) is 0 Å². The minimum atomic E-state index is -0.614. The molecule has 1 N–H and O–H groups in total. The Bertz CT molecular complexity index is 921. The molecule has 1 heterocycles. The summed E-state index contributed by atoms with van der Waals surface area (Å²) in [7, 11) is 0. The van der Waals surface area contributed by atoms with Crippen molar-refractivity contribution >= 4 is 58.0 Å². The number of hydrogen-bond acceptors (Lipinski definition) is 3. The highest BCUT2D eigenvalue weighted by Crippen LogP contribution is 2.33. The molecule has 7 heteroatoms. The number of rotatable bonds is 4. The standard InChI is InChI=1S/C19H15Cl3N2O2/c1-10(2)11-3-5-12(6-4-11)23-17-16(22)18(25)24(19(17)26)13-7-8-14(20)15(21)9-13/h3-10,23H,1-2H3. The Balaban J connectivity index is 1.87. The largest absolute Gasteiger partial charge is 0.350 e. The van der Waals surface area contributed by atoms with Crippen molar-refractivity contribution < 1.29 is 9.59 Å². The quantitative estimate of drug-likeness (QED) is 0.673. The summed E-state index contributed by atoms with van der Waals surface area (Å²) < 4.78 is 0. The normalized spacial score (nSPS) is 14.6. The molecule has 2 aromatic carbocycles. The smallest absolute Gasteiger partial charge is 0.283 e. The number of halogens is 3. The lowest BCUT2D eigenvalue weighted by Crippen LogP contribution is -2.32. The molecule has 2 amide bonds. The van der Waals surface area contributed by atoms with E-state index in [0.717, 1.165) is 4.90 Å². The predicted molar refractivity (Wildman–Crippen MR) is 106 cm³/mol. The van der Waals surface area contributed by atoms with Crippen molar-refractivity contribution in [2.75, 3.05) is 10.2 Å². The van der Waals surface area contributed by atoms with Gasteiger partial charge in [0.1, 0.15) is 10.7 Å². The molecule has 1 aliphatic rings. The lowest BCUT2D eigenvalue weighted by molar-refractivity contribution is -0.120. The number of amides is 2. The molecule has 0 atom stereocenters. The molecule has 26 heavy (non-hydrogen) atoms. The third-order valence-corrected chi connectivity index (χ3v) is 5.13. The Hall–Kier alpha value is -2.01. The van der Waals surface area contributed by atoms with Gasteiger partial charge in [0.15, 0.2) is 0 Å². The summed E-state index contributed by atoms with van der Waals surface area (Å²) in [4.78, 5) is 26.2. The zero-order chi connectivity index (χ0) is 19.0. The number of nitrogens with one attached hydrogen (secondary N) is 1. The van der Waals surface area contributed by atoms with Crippen molar-refractivity contribution in [1.82, 2.24) is 0 Å². The van der Waals surface area contributed by atoms with E-state index in [0.29, 0.717) is 22.3 Å². The van der Waals surface area contributed by atoms with E-state index in [1.54, 1.807) is 0 Å². The molecule has 1 aliphatic heterocycles. The summed E-state index contributed by atoms with van der Waals surface area (Å²) in [6.45, 7) is 4.19. The van der Waals surface area contributed by atoms with Crippen LogP contribution < -0.4 is 10.2 Å². The van der Waals surface area contributed by atoms with Crippen LogP contribution in [0.3, 0.4) is 0 Å². The molecule has 4 nitrogen and oxygen atoms in total. The third kappa shape index (κ3) is 3.45. The van der Waals surface area contributed by atoms with Crippen LogP contribution in [0.5, 0.6) is 0 Å². The Kier molecular flexibility index (Phi) is 5.28. The fourth-order valence-corrected chi connectivity index (χ4v) is 3.07. The molecular weight excluding hydrogens is 395 g/mol. The topological polar surface area (TPSA) is 49.4 Å². The van der Waals surface area contributed by atoms with E-state index in [1.807, 2.05) is 24.3 Å². The third-order valence-electron chi connectivity index (χ3n) is 4.04. The monoisotopic (exact) mass is 408 g/mol. The molecule has 3 rings (SSSR count). The first-order valence-electron chi connectivity index (χ1n) is 7.90. The number of carbonyl (C=O) groups excluding carboxylic acids is 2. The molecule has 134 valence electrons. The summed E-state index contributed by atoms with van der Waals surface area (Å²) >= 11 is 18.0. The van der Waals surface area contributed by atoms with Gasteiger partial charge in [-0.3, -0.25) is 9.59 Å². The average Bonchev–Trinajstić information content (AvgIpc) is 2.81. The highest BCUT2D eigenvalue weighted by molar-refractivity contribution is 6.53. The van der Waals surface area contributed by atoms with Gasteiger partial charge in [-0.15, -0.1) is 0 Å². The van der Waals surface area contributed by atoms with Crippen molar-refractivity contribution in [2.24, 2.45) is 0 Å². The minimum Gasteiger partial charge on any atom is -0.350 e. The molecule has 2 aromatic rings. The van der Waals surface area contributed by atoms with Crippen molar-refractivity contribution in [3.63, 3.8) is 0 Å². The van der Waals surface area contributed by atoms with Gasteiger partial charge in [0, 0.05) is 5.69 Å². The van der Waals surface area contributed by atoms with E-state index in [9.17, 15) is 9.59 Å². The maximum atomic E-state index is 12.7. The Morgan fingerprint density at radius 3 is 2.12 bits per heavy atom. The molecule has 0 aromatic heterocycles. The summed E-state index contributed by atoms with van der Waals surface area (Å²) in [5.41, 5.74) is 2.17. The predicted octanol–water partition coefficient (Wildman–Crippen LogP) is 5.55. The van der Waals surface area contributed by atoms with E-state index in [2.05, 4.69) is 19.2 Å². The van der Waals surface area contributed by atoms with Gasteiger partial charge in [0.05, 0.1) is 15.7 Å². The minimum absolute atomic E-state index is 0.0278. The van der Waals surface area contributed by atoms with E-state index in [-0.39, 0.29) is 15.8 Å². The first kappa shape index (κ1) is 18.8. The number of nitrogens with zero attached hydrogens (tertiary/aromatic N) is 1. The van der Waals surface area contributed by atoms with Crippen LogP contribution in [-0.2, 0) is 9.59 Å². The summed E-state index contributed by atoms with van der Waals surface area (Å²) in [6, 6.07) is 12.1. The molecule has 0 unspecified atom stereocenters. The molecule has 0 spiro atoms. The van der Waals surface area contributed by atoms with Crippen molar-refractivity contribution in [3.8, 4) is 0 Å². The van der Waals surface area contributed by atoms with Crippen LogP contribution in [0.2, 0.25) is 10.0 Å². The summed E-state index contributed by atoms with van der Waals surface area (Å²) in [6.07, 6.45) is 0. The van der Waals surface area contributed by atoms with Gasteiger partial charge >= 0.3 is 0 Å². The number of anilines is 2. The van der Waals surface area contributed by atoms with Crippen LogP contribution >= 0.6 is 34.8 Å². The van der Waals surface area contributed by atoms with Crippen LogP contribution in [0.25, 0.3) is 0 Å². The first-order valence-corrected chi connectivity index (χ1v) is 9.03. The zero-order valence-electron chi connectivity index (χ0n) is 14.0. The molecule has 0 bridgehead atoms. The van der Waals surface area contributed by atoms with Gasteiger partial charge in [-0.2, -0.15) is 0 Å². The average molecular weight is 410 g/mol. The Morgan fingerprint density at radius 1 is 0.885 bits per heavy atom.